The van der Waals surface area contributed by atoms with E-state index in [0.29, 0.717) is 25.2 Å². The molecule has 1 N–H and O–H groups in total. The zero-order valence-electron chi connectivity index (χ0n) is 12.5. The average Bonchev–Trinajstić information content (AvgIpc) is 3.07. The monoisotopic (exact) mass is 299 g/mol. The predicted molar refractivity (Wildman–Crippen MR) is 79.1 cm³/mol. The first kappa shape index (κ1) is 14.2. The number of aromatic nitrogens is 4. The highest BCUT2D eigenvalue weighted by molar-refractivity contribution is 5.76. The van der Waals surface area contributed by atoms with Gasteiger partial charge in [-0.05, 0) is 32.4 Å². The SMILES string of the molecule is Cc1noc(C)c1CCC(=O)NCc1nnc2ccccn12. The van der Waals surface area contributed by atoms with Crippen LogP contribution in [-0.4, -0.2) is 25.7 Å². The molecule has 3 heterocycles. The second kappa shape index (κ2) is 5.97. The molecule has 0 atom stereocenters. The van der Waals surface area contributed by atoms with Crippen LogP contribution in [0.5, 0.6) is 0 Å². The van der Waals surface area contributed by atoms with Crippen LogP contribution in [0.1, 0.15) is 29.3 Å². The number of carbonyl (C=O) groups excluding carboxylic acids is 1. The number of aryl methyl sites for hydroxylation is 2. The number of rotatable bonds is 5. The Balaban J connectivity index is 1.56. The molecule has 3 rings (SSSR count). The third-order valence-corrected chi connectivity index (χ3v) is 3.61. The summed E-state index contributed by atoms with van der Waals surface area (Å²) in [6.45, 7) is 4.09. The van der Waals surface area contributed by atoms with Gasteiger partial charge in [-0.25, -0.2) is 0 Å². The summed E-state index contributed by atoms with van der Waals surface area (Å²) in [6.07, 6.45) is 2.88. The van der Waals surface area contributed by atoms with Crippen LogP contribution in [-0.2, 0) is 17.8 Å². The molecule has 0 saturated heterocycles. The third kappa shape index (κ3) is 2.83. The molecule has 0 aromatic carbocycles. The van der Waals surface area contributed by atoms with Gasteiger partial charge in [-0.15, -0.1) is 10.2 Å². The molecule has 7 nitrogen and oxygen atoms in total. The van der Waals surface area contributed by atoms with E-state index in [9.17, 15) is 4.79 Å². The largest absolute Gasteiger partial charge is 0.361 e. The summed E-state index contributed by atoms with van der Waals surface area (Å²) in [6, 6.07) is 5.67. The van der Waals surface area contributed by atoms with Gasteiger partial charge < -0.3 is 9.84 Å². The maximum Gasteiger partial charge on any atom is 0.220 e. The predicted octanol–water partition coefficient (Wildman–Crippen LogP) is 1.58. The number of hydrogen-bond acceptors (Lipinski definition) is 5. The maximum atomic E-state index is 12.0. The molecule has 0 unspecified atom stereocenters. The van der Waals surface area contributed by atoms with Gasteiger partial charge in [-0.3, -0.25) is 9.20 Å². The molecule has 0 aliphatic heterocycles. The van der Waals surface area contributed by atoms with E-state index in [1.807, 2.05) is 42.6 Å². The van der Waals surface area contributed by atoms with E-state index in [1.54, 1.807) is 0 Å². The fraction of sp³-hybridized carbons (Fsp3) is 0.333. The van der Waals surface area contributed by atoms with Crippen LogP contribution in [0.25, 0.3) is 5.65 Å². The molecule has 7 heteroatoms. The minimum atomic E-state index is -0.0346. The molecule has 0 spiro atoms. The van der Waals surface area contributed by atoms with Crippen molar-refractivity contribution in [1.29, 1.82) is 0 Å². The van der Waals surface area contributed by atoms with Gasteiger partial charge in [0.1, 0.15) is 5.76 Å². The first-order chi connectivity index (χ1) is 10.6. The van der Waals surface area contributed by atoms with Gasteiger partial charge in [0.05, 0.1) is 12.2 Å². The molecule has 0 saturated carbocycles. The van der Waals surface area contributed by atoms with Crippen LogP contribution >= 0.6 is 0 Å². The van der Waals surface area contributed by atoms with Crippen LogP contribution in [0.4, 0.5) is 0 Å². The minimum Gasteiger partial charge on any atom is -0.361 e. The van der Waals surface area contributed by atoms with Gasteiger partial charge in [0, 0.05) is 18.2 Å². The zero-order chi connectivity index (χ0) is 15.5. The van der Waals surface area contributed by atoms with E-state index in [4.69, 9.17) is 4.52 Å². The van der Waals surface area contributed by atoms with Crippen molar-refractivity contribution >= 4 is 11.6 Å². The summed E-state index contributed by atoms with van der Waals surface area (Å²) in [7, 11) is 0. The summed E-state index contributed by atoms with van der Waals surface area (Å²) in [5.41, 5.74) is 2.61. The Morgan fingerprint density at radius 1 is 1.32 bits per heavy atom. The molecular weight excluding hydrogens is 282 g/mol. The fourth-order valence-corrected chi connectivity index (χ4v) is 2.37. The van der Waals surface area contributed by atoms with Gasteiger partial charge in [-0.2, -0.15) is 0 Å². The van der Waals surface area contributed by atoms with Crippen molar-refractivity contribution in [2.24, 2.45) is 0 Å². The van der Waals surface area contributed by atoms with Gasteiger partial charge in [0.25, 0.3) is 0 Å². The topological polar surface area (TPSA) is 85.3 Å². The van der Waals surface area contributed by atoms with Crippen LogP contribution < -0.4 is 5.32 Å². The van der Waals surface area contributed by atoms with E-state index < -0.39 is 0 Å². The van der Waals surface area contributed by atoms with Gasteiger partial charge in [-0.1, -0.05) is 11.2 Å². The molecule has 3 aromatic rings. The maximum absolute atomic E-state index is 12.0. The zero-order valence-corrected chi connectivity index (χ0v) is 12.5. The lowest BCUT2D eigenvalue weighted by Crippen LogP contribution is -2.24. The summed E-state index contributed by atoms with van der Waals surface area (Å²) in [4.78, 5) is 12.0. The standard InChI is InChI=1S/C15H17N5O2/c1-10-12(11(2)22-19-10)6-7-15(21)16-9-14-18-17-13-5-3-4-8-20(13)14/h3-5,8H,6-7,9H2,1-2H3,(H,16,21). The highest BCUT2D eigenvalue weighted by Crippen LogP contribution is 2.14. The number of fused-ring (bicyclic) bond motifs is 1. The van der Waals surface area contributed by atoms with Crippen LogP contribution in [0.15, 0.2) is 28.9 Å². The summed E-state index contributed by atoms with van der Waals surface area (Å²) < 4.78 is 6.95. The molecular formula is C15H17N5O2. The van der Waals surface area contributed by atoms with Crippen molar-refractivity contribution in [3.63, 3.8) is 0 Å². The average molecular weight is 299 g/mol. The van der Waals surface area contributed by atoms with E-state index in [2.05, 4.69) is 20.7 Å². The first-order valence-electron chi connectivity index (χ1n) is 7.12. The summed E-state index contributed by atoms with van der Waals surface area (Å²) in [5, 5.41) is 14.9. The third-order valence-electron chi connectivity index (χ3n) is 3.61. The normalized spacial score (nSPS) is 11.0. The summed E-state index contributed by atoms with van der Waals surface area (Å²) in [5.74, 6) is 1.45. The number of hydrogen-bond donors (Lipinski definition) is 1. The number of nitrogens with one attached hydrogen (secondary N) is 1. The van der Waals surface area contributed by atoms with E-state index in [0.717, 1.165) is 22.7 Å². The van der Waals surface area contributed by atoms with Crippen molar-refractivity contribution < 1.29 is 9.32 Å². The fourth-order valence-electron chi connectivity index (χ4n) is 2.37. The smallest absolute Gasteiger partial charge is 0.220 e. The Bertz CT molecular complexity index is 786. The lowest BCUT2D eigenvalue weighted by molar-refractivity contribution is -0.121. The van der Waals surface area contributed by atoms with E-state index in [1.165, 1.54) is 0 Å². The number of pyridine rings is 1. The summed E-state index contributed by atoms with van der Waals surface area (Å²) >= 11 is 0. The lowest BCUT2D eigenvalue weighted by Gasteiger charge is -2.04. The van der Waals surface area contributed by atoms with Gasteiger partial charge in [0.15, 0.2) is 11.5 Å². The lowest BCUT2D eigenvalue weighted by atomic mass is 10.1. The molecule has 0 fully saturated rings. The number of nitrogens with zero attached hydrogens (tertiary/aromatic N) is 4. The molecule has 114 valence electrons. The first-order valence-corrected chi connectivity index (χ1v) is 7.12. The molecule has 1 amide bonds. The van der Waals surface area contributed by atoms with Crippen molar-refractivity contribution in [3.05, 3.63) is 47.2 Å². The number of amides is 1. The molecule has 3 aromatic heterocycles. The van der Waals surface area contributed by atoms with E-state index >= 15 is 0 Å². The molecule has 0 bridgehead atoms. The van der Waals surface area contributed by atoms with E-state index in [-0.39, 0.29) is 5.91 Å². The molecule has 0 aliphatic carbocycles. The van der Waals surface area contributed by atoms with Gasteiger partial charge in [0.2, 0.25) is 5.91 Å². The molecule has 22 heavy (non-hydrogen) atoms. The highest BCUT2D eigenvalue weighted by Gasteiger charge is 2.12. The quantitative estimate of drug-likeness (QED) is 0.773. The molecule has 0 radical (unpaired) electrons. The van der Waals surface area contributed by atoms with Crippen LogP contribution in [0, 0.1) is 13.8 Å². The Morgan fingerprint density at radius 2 is 2.18 bits per heavy atom. The van der Waals surface area contributed by atoms with Crippen LogP contribution in [0.2, 0.25) is 0 Å². The Labute approximate surface area is 127 Å². The van der Waals surface area contributed by atoms with Gasteiger partial charge >= 0.3 is 0 Å². The molecule has 0 aliphatic rings. The second-order valence-electron chi connectivity index (χ2n) is 5.12. The van der Waals surface area contributed by atoms with Crippen molar-refractivity contribution in [2.45, 2.75) is 33.2 Å². The van der Waals surface area contributed by atoms with Crippen molar-refractivity contribution in [3.8, 4) is 0 Å². The second-order valence-corrected chi connectivity index (χ2v) is 5.12. The highest BCUT2D eigenvalue weighted by atomic mass is 16.5. The van der Waals surface area contributed by atoms with Crippen molar-refractivity contribution in [1.82, 2.24) is 25.1 Å². The van der Waals surface area contributed by atoms with Crippen molar-refractivity contribution in [2.75, 3.05) is 0 Å². The van der Waals surface area contributed by atoms with Crippen LogP contribution in [0.3, 0.4) is 0 Å². The minimum absolute atomic E-state index is 0.0346. The Morgan fingerprint density at radius 3 is 2.95 bits per heavy atom. The Kier molecular flexibility index (Phi) is 3.86. The number of carbonyl (C=O) groups is 1. The Hall–Kier alpha value is -2.70.